The van der Waals surface area contributed by atoms with E-state index in [-0.39, 0.29) is 6.42 Å². The van der Waals surface area contributed by atoms with Gasteiger partial charge in [-0.25, -0.2) is 0 Å². The zero-order chi connectivity index (χ0) is 19.5. The van der Waals surface area contributed by atoms with Crippen molar-refractivity contribution in [2.24, 2.45) is 0 Å². The number of alkyl halides is 7. The molecule has 0 radical (unpaired) electrons. The highest BCUT2D eigenvalue weighted by Gasteiger charge is 2.75. The molecule has 0 amide bonds. The first-order valence-corrected chi connectivity index (χ1v) is 7.54. The normalized spacial score (nSPS) is 24.2. The van der Waals surface area contributed by atoms with Gasteiger partial charge < -0.3 is 5.11 Å². The largest absolute Gasteiger partial charge is 0.459 e. The third-order valence-corrected chi connectivity index (χ3v) is 4.09. The van der Waals surface area contributed by atoms with Crippen LogP contribution < -0.4 is 0 Å². The highest BCUT2D eigenvalue weighted by Crippen LogP contribution is 2.48. The predicted octanol–water partition coefficient (Wildman–Crippen LogP) is 4.33. The molecule has 1 aliphatic heterocycles. The van der Waals surface area contributed by atoms with E-state index in [1.54, 1.807) is 12.2 Å². The number of aliphatic hydroxyl groups is 1. The van der Waals surface area contributed by atoms with Crippen molar-refractivity contribution in [2.45, 2.75) is 55.5 Å². The van der Waals surface area contributed by atoms with E-state index in [9.17, 15) is 35.8 Å². The first kappa shape index (κ1) is 21.7. The molecule has 25 heavy (non-hydrogen) atoms. The van der Waals surface area contributed by atoms with Gasteiger partial charge in [-0.2, -0.15) is 30.7 Å². The lowest BCUT2D eigenvalue weighted by Gasteiger charge is -2.41. The molecule has 1 aliphatic rings. The van der Waals surface area contributed by atoms with Crippen LogP contribution >= 0.6 is 0 Å². The van der Waals surface area contributed by atoms with Crippen molar-refractivity contribution in [3.05, 3.63) is 37.5 Å². The van der Waals surface area contributed by atoms with E-state index >= 15 is 0 Å². The molecule has 3 atom stereocenters. The SMILES string of the molecule is C=CC[C@@H]1CC=C[C@H](CC=C)N1C[C@@H](O)C(F)(F)C(F)(F)C(F)(F)F. The zero-order valence-corrected chi connectivity index (χ0v) is 13.3. The Morgan fingerprint density at radius 1 is 1.08 bits per heavy atom. The summed E-state index contributed by atoms with van der Waals surface area (Å²) in [5.74, 6) is -12.0. The van der Waals surface area contributed by atoms with E-state index in [1.165, 1.54) is 17.1 Å². The van der Waals surface area contributed by atoms with Crippen LogP contribution in [0.25, 0.3) is 0 Å². The number of halogens is 7. The standard InChI is InChI=1S/C16H20F7NO/c1-3-6-11-8-5-9-12(7-4-2)24(11)10-13(25)14(17,18)15(19,20)16(21,22)23/h3-5,8,11-13,25H,1-2,6-7,9-10H2/t11-,12+,13+/m0/s1. The maximum Gasteiger partial charge on any atom is 0.459 e. The Morgan fingerprint density at radius 2 is 1.64 bits per heavy atom. The Balaban J connectivity index is 3.07. The fourth-order valence-corrected chi connectivity index (χ4v) is 2.72. The second-order valence-corrected chi connectivity index (χ2v) is 5.84. The molecule has 1 rings (SSSR count). The van der Waals surface area contributed by atoms with Gasteiger partial charge in [-0.1, -0.05) is 24.3 Å². The summed E-state index contributed by atoms with van der Waals surface area (Å²) in [6, 6.07) is -0.987. The number of aliphatic hydroxyl groups excluding tert-OH is 1. The molecule has 0 aromatic carbocycles. The molecule has 144 valence electrons. The summed E-state index contributed by atoms with van der Waals surface area (Å²) in [7, 11) is 0. The highest BCUT2D eigenvalue weighted by molar-refractivity contribution is 5.08. The number of β-amino-alcohol motifs (C(OH)–C–C–N with tert-alkyl or cyclic N) is 1. The van der Waals surface area contributed by atoms with Crippen molar-refractivity contribution in [2.75, 3.05) is 6.54 Å². The topological polar surface area (TPSA) is 23.5 Å². The molecule has 1 N–H and O–H groups in total. The Morgan fingerprint density at radius 3 is 2.12 bits per heavy atom. The molecule has 0 aliphatic carbocycles. The molecule has 0 aromatic heterocycles. The first-order chi connectivity index (χ1) is 11.4. The maximum atomic E-state index is 13.7. The van der Waals surface area contributed by atoms with Crippen LogP contribution in [-0.2, 0) is 0 Å². The molecule has 9 heteroatoms. The van der Waals surface area contributed by atoms with Gasteiger partial charge in [0.15, 0.2) is 0 Å². The molecule has 0 unspecified atom stereocenters. The number of hydrogen-bond donors (Lipinski definition) is 1. The lowest BCUT2D eigenvalue weighted by molar-refractivity contribution is -0.371. The average Bonchev–Trinajstić information content (AvgIpc) is 2.49. The minimum Gasteiger partial charge on any atom is -0.385 e. The van der Waals surface area contributed by atoms with Crippen molar-refractivity contribution in [1.29, 1.82) is 0 Å². The van der Waals surface area contributed by atoms with E-state index in [4.69, 9.17) is 0 Å². The molecule has 0 spiro atoms. The number of rotatable bonds is 8. The molecule has 1 heterocycles. The molecule has 0 saturated carbocycles. The maximum absolute atomic E-state index is 13.7. The van der Waals surface area contributed by atoms with Crippen LogP contribution in [0.15, 0.2) is 37.5 Å². The van der Waals surface area contributed by atoms with Gasteiger partial charge in [0.1, 0.15) is 6.10 Å². The third-order valence-electron chi connectivity index (χ3n) is 4.09. The third kappa shape index (κ3) is 4.44. The Bertz CT molecular complexity index is 501. The molecular formula is C16H20F7NO. The Hall–Kier alpha value is -1.35. The quantitative estimate of drug-likeness (QED) is 0.504. The van der Waals surface area contributed by atoms with Crippen LogP contribution in [0.5, 0.6) is 0 Å². The summed E-state index contributed by atoms with van der Waals surface area (Å²) in [5, 5.41) is 9.55. The summed E-state index contributed by atoms with van der Waals surface area (Å²) in [5.41, 5.74) is 0. The van der Waals surface area contributed by atoms with Gasteiger partial charge in [0.05, 0.1) is 0 Å². The monoisotopic (exact) mass is 375 g/mol. The number of nitrogens with zero attached hydrogens (tertiary/aromatic N) is 1. The molecule has 0 saturated heterocycles. The lowest BCUT2D eigenvalue weighted by Crippen LogP contribution is -2.61. The minimum atomic E-state index is -6.47. The van der Waals surface area contributed by atoms with Crippen LogP contribution in [0.2, 0.25) is 0 Å². The van der Waals surface area contributed by atoms with E-state index in [0.29, 0.717) is 12.8 Å². The fraction of sp³-hybridized carbons (Fsp3) is 0.625. The van der Waals surface area contributed by atoms with Gasteiger partial charge in [-0.3, -0.25) is 4.90 Å². The predicted molar refractivity (Wildman–Crippen MR) is 79.6 cm³/mol. The second-order valence-electron chi connectivity index (χ2n) is 5.84. The molecule has 0 aromatic rings. The smallest absolute Gasteiger partial charge is 0.385 e. The van der Waals surface area contributed by atoms with Gasteiger partial charge in [0.2, 0.25) is 0 Å². The first-order valence-electron chi connectivity index (χ1n) is 7.54. The summed E-state index contributed by atoms with van der Waals surface area (Å²) in [6.07, 6.45) is -2.42. The van der Waals surface area contributed by atoms with Crippen molar-refractivity contribution in [1.82, 2.24) is 4.90 Å². The second kappa shape index (κ2) is 7.90. The van der Waals surface area contributed by atoms with Crippen LogP contribution in [0.1, 0.15) is 19.3 Å². The molecule has 2 nitrogen and oxygen atoms in total. The molecule has 0 fully saturated rings. The van der Waals surface area contributed by atoms with Crippen LogP contribution in [0.4, 0.5) is 30.7 Å². The van der Waals surface area contributed by atoms with E-state index in [1.807, 2.05) is 0 Å². The Labute approximate surface area is 141 Å². The fourth-order valence-electron chi connectivity index (χ4n) is 2.72. The van der Waals surface area contributed by atoms with E-state index in [2.05, 4.69) is 13.2 Å². The van der Waals surface area contributed by atoms with Crippen molar-refractivity contribution in [3.8, 4) is 0 Å². The average molecular weight is 375 g/mol. The van der Waals surface area contributed by atoms with Crippen molar-refractivity contribution >= 4 is 0 Å². The lowest BCUT2D eigenvalue weighted by atomic mass is 9.95. The van der Waals surface area contributed by atoms with E-state index in [0.717, 1.165) is 0 Å². The van der Waals surface area contributed by atoms with Gasteiger partial charge in [0.25, 0.3) is 0 Å². The number of hydrogen-bond acceptors (Lipinski definition) is 2. The summed E-state index contributed by atoms with van der Waals surface area (Å²) < 4.78 is 90.4. The van der Waals surface area contributed by atoms with Gasteiger partial charge in [0, 0.05) is 18.6 Å². The van der Waals surface area contributed by atoms with Crippen LogP contribution in [-0.4, -0.2) is 52.8 Å². The van der Waals surface area contributed by atoms with Crippen LogP contribution in [0.3, 0.4) is 0 Å². The molecule has 0 bridgehead atoms. The van der Waals surface area contributed by atoms with Crippen molar-refractivity contribution < 1.29 is 35.8 Å². The van der Waals surface area contributed by atoms with Gasteiger partial charge in [-0.05, 0) is 19.3 Å². The van der Waals surface area contributed by atoms with Crippen molar-refractivity contribution in [3.63, 3.8) is 0 Å². The summed E-state index contributed by atoms with van der Waals surface area (Å²) in [6.45, 7) is 5.97. The summed E-state index contributed by atoms with van der Waals surface area (Å²) in [4.78, 5) is 1.29. The van der Waals surface area contributed by atoms with Gasteiger partial charge in [-0.15, -0.1) is 13.2 Å². The highest BCUT2D eigenvalue weighted by atomic mass is 19.4. The molecular weight excluding hydrogens is 355 g/mol. The van der Waals surface area contributed by atoms with Crippen LogP contribution in [0, 0.1) is 0 Å². The zero-order valence-electron chi connectivity index (χ0n) is 13.3. The van der Waals surface area contributed by atoms with E-state index < -0.39 is 42.8 Å². The minimum absolute atomic E-state index is 0.262. The Kier molecular flexibility index (Phi) is 6.86. The van der Waals surface area contributed by atoms with Gasteiger partial charge >= 0.3 is 18.0 Å². The summed E-state index contributed by atoms with van der Waals surface area (Å²) >= 11 is 0.